The van der Waals surface area contributed by atoms with Crippen molar-refractivity contribution < 1.29 is 14.3 Å². The molecular formula is C16H16N4O3. The summed E-state index contributed by atoms with van der Waals surface area (Å²) in [5.74, 6) is 0.339. The van der Waals surface area contributed by atoms with Crippen LogP contribution in [0.15, 0.2) is 42.7 Å². The molecule has 23 heavy (non-hydrogen) atoms. The molecule has 0 saturated carbocycles. The van der Waals surface area contributed by atoms with E-state index in [1.807, 2.05) is 30.3 Å². The molecule has 2 aromatic heterocycles. The van der Waals surface area contributed by atoms with Crippen LogP contribution < -0.4 is 4.74 Å². The number of carbonyl (C=O) groups excluding carboxylic acids is 1. The van der Waals surface area contributed by atoms with E-state index in [0.29, 0.717) is 18.1 Å². The molecule has 0 radical (unpaired) electrons. The molecule has 0 aliphatic carbocycles. The van der Waals surface area contributed by atoms with Gasteiger partial charge in [0, 0.05) is 11.6 Å². The molecule has 0 amide bonds. The van der Waals surface area contributed by atoms with Gasteiger partial charge in [0.1, 0.15) is 30.1 Å². The van der Waals surface area contributed by atoms with Crippen LogP contribution in [0.1, 0.15) is 12.6 Å². The second-order valence-corrected chi connectivity index (χ2v) is 4.83. The Balaban J connectivity index is 1.66. The van der Waals surface area contributed by atoms with Crippen LogP contribution >= 0.6 is 0 Å². The van der Waals surface area contributed by atoms with Crippen molar-refractivity contribution in [3.05, 3.63) is 48.4 Å². The maximum absolute atomic E-state index is 11.4. The molecule has 0 aliphatic rings. The molecule has 0 saturated heterocycles. The standard InChI is InChI=1S/C16H16N4O3/c1-2-22-15(21)10-20-9-13(18-19-20)11-23-14-7-3-5-12-6-4-8-17-16(12)14/h3-9H,2,10-11H2,1H3. The zero-order valence-corrected chi connectivity index (χ0v) is 12.7. The average Bonchev–Trinajstić information content (AvgIpc) is 3.00. The number of fused-ring (bicyclic) bond motifs is 1. The number of carbonyl (C=O) groups is 1. The highest BCUT2D eigenvalue weighted by Crippen LogP contribution is 2.23. The molecule has 2 heterocycles. The van der Waals surface area contributed by atoms with Crippen LogP contribution in [0.5, 0.6) is 5.75 Å². The lowest BCUT2D eigenvalue weighted by Crippen LogP contribution is -2.13. The monoisotopic (exact) mass is 312 g/mol. The van der Waals surface area contributed by atoms with E-state index in [2.05, 4.69) is 15.3 Å². The first kappa shape index (κ1) is 15.0. The molecule has 0 atom stereocenters. The minimum absolute atomic E-state index is 0.0384. The van der Waals surface area contributed by atoms with Gasteiger partial charge in [0.25, 0.3) is 0 Å². The van der Waals surface area contributed by atoms with Crippen molar-refractivity contribution in [1.29, 1.82) is 0 Å². The van der Waals surface area contributed by atoms with Gasteiger partial charge in [-0.05, 0) is 19.1 Å². The third-order valence-electron chi connectivity index (χ3n) is 3.15. The zero-order chi connectivity index (χ0) is 16.1. The second kappa shape index (κ2) is 6.87. The van der Waals surface area contributed by atoms with Gasteiger partial charge in [0.2, 0.25) is 0 Å². The Kier molecular flexibility index (Phi) is 4.46. The summed E-state index contributed by atoms with van der Waals surface area (Å²) in [4.78, 5) is 15.7. The Morgan fingerprint density at radius 1 is 1.26 bits per heavy atom. The lowest BCUT2D eigenvalue weighted by Gasteiger charge is -2.06. The summed E-state index contributed by atoms with van der Waals surface area (Å²) in [5.41, 5.74) is 1.43. The lowest BCUT2D eigenvalue weighted by molar-refractivity contribution is -0.144. The van der Waals surface area contributed by atoms with E-state index in [4.69, 9.17) is 9.47 Å². The molecule has 7 heteroatoms. The van der Waals surface area contributed by atoms with E-state index in [0.717, 1.165) is 10.9 Å². The molecule has 0 aliphatic heterocycles. The molecule has 0 N–H and O–H groups in total. The van der Waals surface area contributed by atoms with Crippen LogP contribution in [0.2, 0.25) is 0 Å². The van der Waals surface area contributed by atoms with E-state index in [9.17, 15) is 4.79 Å². The molecule has 3 aromatic rings. The van der Waals surface area contributed by atoms with Crippen molar-refractivity contribution in [3.63, 3.8) is 0 Å². The second-order valence-electron chi connectivity index (χ2n) is 4.83. The van der Waals surface area contributed by atoms with Gasteiger partial charge in [-0.3, -0.25) is 9.78 Å². The minimum atomic E-state index is -0.344. The summed E-state index contributed by atoms with van der Waals surface area (Å²) in [6.45, 7) is 2.39. The molecular weight excluding hydrogens is 296 g/mol. The Morgan fingerprint density at radius 3 is 3.00 bits per heavy atom. The third-order valence-corrected chi connectivity index (χ3v) is 3.15. The average molecular weight is 312 g/mol. The first-order valence-corrected chi connectivity index (χ1v) is 7.27. The van der Waals surface area contributed by atoms with Gasteiger partial charge < -0.3 is 9.47 Å². The third kappa shape index (κ3) is 3.63. The van der Waals surface area contributed by atoms with Crippen LogP contribution in [0, 0.1) is 0 Å². The molecule has 0 spiro atoms. The van der Waals surface area contributed by atoms with E-state index in [1.165, 1.54) is 4.68 Å². The van der Waals surface area contributed by atoms with Gasteiger partial charge in [-0.1, -0.05) is 23.4 Å². The van der Waals surface area contributed by atoms with Crippen molar-refractivity contribution >= 4 is 16.9 Å². The number of esters is 1. The van der Waals surface area contributed by atoms with Crippen molar-refractivity contribution in [3.8, 4) is 5.75 Å². The number of nitrogens with zero attached hydrogens (tertiary/aromatic N) is 4. The van der Waals surface area contributed by atoms with Gasteiger partial charge in [-0.25, -0.2) is 4.68 Å². The summed E-state index contributed by atoms with van der Waals surface area (Å²) >= 11 is 0. The fourth-order valence-corrected chi connectivity index (χ4v) is 2.17. The maximum atomic E-state index is 11.4. The highest BCUT2D eigenvalue weighted by atomic mass is 16.5. The van der Waals surface area contributed by atoms with E-state index in [-0.39, 0.29) is 19.1 Å². The summed E-state index contributed by atoms with van der Waals surface area (Å²) in [6.07, 6.45) is 3.39. The first-order valence-electron chi connectivity index (χ1n) is 7.27. The molecule has 0 fully saturated rings. The number of benzene rings is 1. The molecule has 7 nitrogen and oxygen atoms in total. The molecule has 0 unspecified atom stereocenters. The fourth-order valence-electron chi connectivity index (χ4n) is 2.17. The summed E-state index contributed by atoms with van der Waals surface area (Å²) in [7, 11) is 0. The van der Waals surface area contributed by atoms with Gasteiger partial charge in [-0.2, -0.15) is 0 Å². The fraction of sp³-hybridized carbons (Fsp3) is 0.250. The first-order chi connectivity index (χ1) is 11.3. The van der Waals surface area contributed by atoms with Crippen LogP contribution in [0.4, 0.5) is 0 Å². The highest BCUT2D eigenvalue weighted by molar-refractivity contribution is 5.84. The van der Waals surface area contributed by atoms with Crippen molar-refractivity contribution in [2.45, 2.75) is 20.1 Å². The summed E-state index contributed by atoms with van der Waals surface area (Å²) in [6, 6.07) is 9.61. The normalized spacial score (nSPS) is 10.7. The molecule has 118 valence electrons. The Morgan fingerprint density at radius 2 is 2.13 bits per heavy atom. The van der Waals surface area contributed by atoms with Gasteiger partial charge in [-0.15, -0.1) is 5.10 Å². The lowest BCUT2D eigenvalue weighted by atomic mass is 10.2. The number of aromatic nitrogens is 4. The Hall–Kier alpha value is -2.96. The predicted octanol–water partition coefficient (Wildman–Crippen LogP) is 1.97. The van der Waals surface area contributed by atoms with Gasteiger partial charge in [0.15, 0.2) is 0 Å². The van der Waals surface area contributed by atoms with Gasteiger partial charge in [0.05, 0.1) is 12.8 Å². The number of rotatable bonds is 6. The largest absolute Gasteiger partial charge is 0.485 e. The van der Waals surface area contributed by atoms with Gasteiger partial charge >= 0.3 is 5.97 Å². The topological polar surface area (TPSA) is 79.1 Å². The van der Waals surface area contributed by atoms with Crippen molar-refractivity contribution in [1.82, 2.24) is 20.0 Å². The van der Waals surface area contributed by atoms with Crippen LogP contribution in [0.3, 0.4) is 0 Å². The molecule has 3 rings (SSSR count). The Labute approximate surface area is 132 Å². The maximum Gasteiger partial charge on any atom is 0.327 e. The highest BCUT2D eigenvalue weighted by Gasteiger charge is 2.08. The van der Waals surface area contributed by atoms with E-state index >= 15 is 0 Å². The van der Waals surface area contributed by atoms with Crippen LogP contribution in [0.25, 0.3) is 10.9 Å². The number of para-hydroxylation sites is 1. The number of ether oxygens (including phenoxy) is 2. The quantitative estimate of drug-likeness (QED) is 0.647. The SMILES string of the molecule is CCOC(=O)Cn1cc(COc2cccc3cccnc23)nn1. The van der Waals surface area contributed by atoms with E-state index in [1.54, 1.807) is 19.3 Å². The minimum Gasteiger partial charge on any atom is -0.485 e. The van der Waals surface area contributed by atoms with Crippen molar-refractivity contribution in [2.24, 2.45) is 0 Å². The summed E-state index contributed by atoms with van der Waals surface area (Å²) in [5, 5.41) is 8.88. The predicted molar refractivity (Wildman–Crippen MR) is 82.7 cm³/mol. The molecule has 1 aromatic carbocycles. The number of pyridine rings is 1. The molecule has 0 bridgehead atoms. The number of hydrogen-bond donors (Lipinski definition) is 0. The van der Waals surface area contributed by atoms with E-state index < -0.39 is 0 Å². The smallest absolute Gasteiger partial charge is 0.327 e. The van der Waals surface area contributed by atoms with Crippen LogP contribution in [-0.2, 0) is 22.7 Å². The zero-order valence-electron chi connectivity index (χ0n) is 12.7. The number of hydrogen-bond acceptors (Lipinski definition) is 6. The van der Waals surface area contributed by atoms with Crippen molar-refractivity contribution in [2.75, 3.05) is 6.61 Å². The summed E-state index contributed by atoms with van der Waals surface area (Å²) < 4.78 is 12.1. The van der Waals surface area contributed by atoms with Crippen LogP contribution in [-0.4, -0.2) is 32.6 Å². The Bertz CT molecular complexity index is 810.